The van der Waals surface area contributed by atoms with Crippen LogP contribution in [0.15, 0.2) is 30.7 Å². The second-order valence-electron chi connectivity index (χ2n) is 4.59. The van der Waals surface area contributed by atoms with Crippen LogP contribution in [0.1, 0.15) is 23.1 Å². The van der Waals surface area contributed by atoms with Crippen LogP contribution in [-0.2, 0) is 6.42 Å². The summed E-state index contributed by atoms with van der Waals surface area (Å²) in [5.74, 6) is 1.21. The van der Waals surface area contributed by atoms with E-state index in [4.69, 9.17) is 4.74 Å². The van der Waals surface area contributed by atoms with Gasteiger partial charge in [0.1, 0.15) is 17.9 Å². The summed E-state index contributed by atoms with van der Waals surface area (Å²) >= 11 is 0. The summed E-state index contributed by atoms with van der Waals surface area (Å²) in [4.78, 5) is 7.89. The van der Waals surface area contributed by atoms with Crippen LogP contribution >= 0.6 is 0 Å². The Morgan fingerprint density at radius 3 is 2.76 bits per heavy atom. The van der Waals surface area contributed by atoms with Crippen LogP contribution in [-0.4, -0.2) is 23.6 Å². The van der Waals surface area contributed by atoms with E-state index in [0.717, 1.165) is 11.4 Å². The molecule has 0 amide bonds. The van der Waals surface area contributed by atoms with E-state index in [1.54, 1.807) is 25.3 Å². The van der Waals surface area contributed by atoms with Gasteiger partial charge in [-0.05, 0) is 36.6 Å². The number of nitrogens with zero attached hydrogens (tertiary/aromatic N) is 2. The molecular weight excluding hydrogens is 276 g/mol. The Morgan fingerprint density at radius 2 is 2.14 bits per heavy atom. The second-order valence-corrected chi connectivity index (χ2v) is 4.59. The Bertz CT molecular complexity index is 591. The van der Waals surface area contributed by atoms with E-state index in [-0.39, 0.29) is 5.56 Å². The summed E-state index contributed by atoms with van der Waals surface area (Å²) in [6.45, 7) is 2.31. The van der Waals surface area contributed by atoms with E-state index in [0.29, 0.717) is 24.3 Å². The average Bonchev–Trinajstić information content (AvgIpc) is 2.48. The second kappa shape index (κ2) is 6.97. The summed E-state index contributed by atoms with van der Waals surface area (Å²) in [6, 6.07) is 4.93. The Hall–Kier alpha value is -2.24. The van der Waals surface area contributed by atoms with Gasteiger partial charge in [0.2, 0.25) is 0 Å². The van der Waals surface area contributed by atoms with Gasteiger partial charge in [0, 0.05) is 18.3 Å². The molecule has 2 aromatic rings. The van der Waals surface area contributed by atoms with Crippen LogP contribution in [0.25, 0.3) is 0 Å². The zero-order valence-corrected chi connectivity index (χ0v) is 11.9. The first-order valence-corrected chi connectivity index (χ1v) is 6.57. The molecule has 0 radical (unpaired) electrons. The highest BCUT2D eigenvalue weighted by Gasteiger charge is 2.14. The van der Waals surface area contributed by atoms with Crippen molar-refractivity contribution in [1.82, 2.24) is 9.97 Å². The highest BCUT2D eigenvalue weighted by Crippen LogP contribution is 2.30. The molecule has 21 heavy (non-hydrogen) atoms. The molecule has 0 unspecified atom stereocenters. The molecule has 2 rings (SSSR count). The fourth-order valence-electron chi connectivity index (χ4n) is 2.10. The molecule has 0 saturated carbocycles. The standard InChI is InChI=1S/C15H17F2N3O/c1-10-7-11(13(21-2)8-12(10)15(16)17)3-6-19-14-4-5-18-9-20-14/h4-5,7-9,15H,3,6H2,1-2H3,(H,18,19,20). The van der Waals surface area contributed by atoms with E-state index in [1.165, 1.54) is 19.5 Å². The van der Waals surface area contributed by atoms with E-state index >= 15 is 0 Å². The van der Waals surface area contributed by atoms with Crippen molar-refractivity contribution in [2.24, 2.45) is 0 Å². The molecule has 6 heteroatoms. The molecule has 1 aromatic heterocycles. The van der Waals surface area contributed by atoms with E-state index < -0.39 is 6.43 Å². The maximum Gasteiger partial charge on any atom is 0.264 e. The number of halogens is 2. The molecule has 0 fully saturated rings. The third-order valence-electron chi connectivity index (χ3n) is 3.19. The number of hydrogen-bond donors (Lipinski definition) is 1. The van der Waals surface area contributed by atoms with E-state index in [9.17, 15) is 8.78 Å². The lowest BCUT2D eigenvalue weighted by molar-refractivity contribution is 0.150. The maximum absolute atomic E-state index is 12.9. The third kappa shape index (κ3) is 3.87. The smallest absolute Gasteiger partial charge is 0.264 e. The van der Waals surface area contributed by atoms with Gasteiger partial charge in [0.05, 0.1) is 7.11 Å². The molecule has 0 aliphatic rings. The fraction of sp³-hybridized carbons (Fsp3) is 0.333. The van der Waals surface area contributed by atoms with E-state index in [1.807, 2.05) is 0 Å². The largest absolute Gasteiger partial charge is 0.496 e. The lowest BCUT2D eigenvalue weighted by Gasteiger charge is -2.14. The highest BCUT2D eigenvalue weighted by molar-refractivity contribution is 5.43. The van der Waals surface area contributed by atoms with Crippen LogP contribution in [0.3, 0.4) is 0 Å². The predicted molar refractivity (Wildman–Crippen MR) is 76.9 cm³/mol. The van der Waals surface area contributed by atoms with Gasteiger partial charge in [0.15, 0.2) is 0 Å². The molecule has 1 N–H and O–H groups in total. The van der Waals surface area contributed by atoms with Crippen molar-refractivity contribution >= 4 is 5.82 Å². The maximum atomic E-state index is 12.9. The van der Waals surface area contributed by atoms with E-state index in [2.05, 4.69) is 15.3 Å². The number of rotatable bonds is 6. The Morgan fingerprint density at radius 1 is 1.33 bits per heavy atom. The van der Waals surface area contributed by atoms with Crippen LogP contribution in [0.4, 0.5) is 14.6 Å². The first kappa shape index (κ1) is 15.2. The number of alkyl halides is 2. The predicted octanol–water partition coefficient (Wildman–Crippen LogP) is 3.39. The summed E-state index contributed by atoms with van der Waals surface area (Å²) in [6.07, 6.45) is 1.27. The first-order chi connectivity index (χ1) is 10.1. The lowest BCUT2D eigenvalue weighted by Crippen LogP contribution is -2.08. The zero-order chi connectivity index (χ0) is 15.2. The lowest BCUT2D eigenvalue weighted by atomic mass is 10.0. The molecule has 0 saturated heterocycles. The van der Waals surface area contributed by atoms with Gasteiger partial charge in [-0.1, -0.05) is 6.07 Å². The SMILES string of the molecule is COc1cc(C(F)F)c(C)cc1CCNc1ccncn1. The van der Waals surface area contributed by atoms with Crippen LogP contribution in [0.2, 0.25) is 0 Å². The van der Waals surface area contributed by atoms with Gasteiger partial charge in [-0.25, -0.2) is 18.7 Å². The topological polar surface area (TPSA) is 47.0 Å². The highest BCUT2D eigenvalue weighted by atomic mass is 19.3. The number of nitrogens with one attached hydrogen (secondary N) is 1. The van der Waals surface area contributed by atoms with Gasteiger partial charge in [-0.15, -0.1) is 0 Å². The van der Waals surface area contributed by atoms with Gasteiger partial charge in [-0.2, -0.15) is 0 Å². The van der Waals surface area contributed by atoms with Crippen molar-refractivity contribution in [3.63, 3.8) is 0 Å². The van der Waals surface area contributed by atoms with Crippen molar-refractivity contribution in [3.8, 4) is 5.75 Å². The number of ether oxygens (including phenoxy) is 1. The molecule has 112 valence electrons. The minimum Gasteiger partial charge on any atom is -0.496 e. The Labute approximate surface area is 122 Å². The number of anilines is 1. The van der Waals surface area contributed by atoms with Crippen LogP contribution in [0, 0.1) is 6.92 Å². The summed E-state index contributed by atoms with van der Waals surface area (Å²) in [5.41, 5.74) is 1.48. The minimum absolute atomic E-state index is 0.0133. The normalized spacial score (nSPS) is 10.7. The fourth-order valence-corrected chi connectivity index (χ4v) is 2.10. The number of aromatic nitrogens is 2. The van der Waals surface area contributed by atoms with Crippen molar-refractivity contribution in [2.75, 3.05) is 19.0 Å². The van der Waals surface area contributed by atoms with Gasteiger partial charge < -0.3 is 10.1 Å². The van der Waals surface area contributed by atoms with Crippen LogP contribution < -0.4 is 10.1 Å². The summed E-state index contributed by atoms with van der Waals surface area (Å²) < 4.78 is 30.9. The minimum atomic E-state index is -2.49. The Kier molecular flexibility index (Phi) is 5.03. The quantitative estimate of drug-likeness (QED) is 0.887. The molecule has 1 aromatic carbocycles. The molecule has 4 nitrogen and oxygen atoms in total. The van der Waals surface area contributed by atoms with Gasteiger partial charge >= 0.3 is 0 Å². The molecule has 0 spiro atoms. The van der Waals surface area contributed by atoms with Crippen molar-refractivity contribution in [2.45, 2.75) is 19.8 Å². The van der Waals surface area contributed by atoms with Gasteiger partial charge in [0.25, 0.3) is 6.43 Å². The van der Waals surface area contributed by atoms with Crippen LogP contribution in [0.5, 0.6) is 5.75 Å². The molecule has 0 atom stereocenters. The summed E-state index contributed by atoms with van der Waals surface area (Å²) in [7, 11) is 1.49. The van der Waals surface area contributed by atoms with Gasteiger partial charge in [-0.3, -0.25) is 0 Å². The molecule has 0 bridgehead atoms. The third-order valence-corrected chi connectivity index (χ3v) is 3.19. The van der Waals surface area contributed by atoms with Crippen molar-refractivity contribution in [3.05, 3.63) is 47.4 Å². The first-order valence-electron chi connectivity index (χ1n) is 6.57. The number of benzene rings is 1. The zero-order valence-electron chi connectivity index (χ0n) is 11.9. The molecule has 0 aliphatic heterocycles. The van der Waals surface area contributed by atoms with Crippen molar-refractivity contribution < 1.29 is 13.5 Å². The number of hydrogen-bond acceptors (Lipinski definition) is 4. The molecule has 1 heterocycles. The molecular formula is C15H17F2N3O. The van der Waals surface area contributed by atoms with Crippen molar-refractivity contribution in [1.29, 1.82) is 0 Å². The average molecular weight is 293 g/mol. The Balaban J connectivity index is 2.07. The molecule has 0 aliphatic carbocycles. The summed E-state index contributed by atoms with van der Waals surface area (Å²) in [5, 5.41) is 3.15. The number of aryl methyl sites for hydroxylation is 1. The monoisotopic (exact) mass is 293 g/mol. The number of methoxy groups -OCH3 is 1.